The lowest BCUT2D eigenvalue weighted by molar-refractivity contribution is -0.146. The Kier molecular flexibility index (Phi) is 8.82. The van der Waals surface area contributed by atoms with Crippen molar-refractivity contribution in [3.63, 3.8) is 0 Å². The van der Waals surface area contributed by atoms with E-state index in [4.69, 9.17) is 0 Å². The normalized spacial score (nSPS) is 24.3. The van der Waals surface area contributed by atoms with Gasteiger partial charge in [-0.25, -0.2) is 0 Å². The largest absolute Gasteiger partial charge is 0.392 e. The predicted molar refractivity (Wildman–Crippen MR) is 106 cm³/mol. The van der Waals surface area contributed by atoms with Crippen LogP contribution >= 0.6 is 24.8 Å². The molecular formula is C17H31Cl2N5O2. The van der Waals surface area contributed by atoms with Crippen LogP contribution in [0.5, 0.6) is 0 Å². The first kappa shape index (κ1) is 23.2. The number of aliphatic hydroxyl groups is 1. The maximum atomic E-state index is 13.4. The van der Waals surface area contributed by atoms with Crippen LogP contribution in [-0.2, 0) is 10.3 Å². The fourth-order valence-electron chi connectivity index (χ4n) is 3.99. The van der Waals surface area contributed by atoms with E-state index in [9.17, 15) is 9.90 Å². The molecule has 2 unspecified atom stereocenters. The number of aliphatic hydroxyl groups excluding tert-OH is 1. The van der Waals surface area contributed by atoms with Crippen LogP contribution in [0.25, 0.3) is 0 Å². The lowest BCUT2D eigenvalue weighted by Gasteiger charge is -2.45. The number of nitrogens with zero attached hydrogens (tertiary/aromatic N) is 4. The Labute approximate surface area is 167 Å². The molecule has 0 aliphatic carbocycles. The lowest BCUT2D eigenvalue weighted by atomic mass is 9.86. The summed E-state index contributed by atoms with van der Waals surface area (Å²) in [7, 11) is 0. The van der Waals surface area contributed by atoms with Gasteiger partial charge in [0, 0.05) is 44.6 Å². The Morgan fingerprint density at radius 1 is 1.35 bits per heavy atom. The molecule has 9 heteroatoms. The van der Waals surface area contributed by atoms with Gasteiger partial charge >= 0.3 is 0 Å². The summed E-state index contributed by atoms with van der Waals surface area (Å²) in [5, 5.41) is 17.4. The molecule has 0 bridgehead atoms. The van der Waals surface area contributed by atoms with Crippen molar-refractivity contribution in [1.82, 2.24) is 24.9 Å². The lowest BCUT2D eigenvalue weighted by Crippen LogP contribution is -2.61. The maximum absolute atomic E-state index is 13.4. The molecule has 1 aromatic heterocycles. The van der Waals surface area contributed by atoms with Crippen molar-refractivity contribution in [2.75, 3.05) is 39.3 Å². The van der Waals surface area contributed by atoms with Crippen LogP contribution < -0.4 is 5.32 Å². The Morgan fingerprint density at radius 3 is 2.58 bits per heavy atom. The third kappa shape index (κ3) is 4.70. The summed E-state index contributed by atoms with van der Waals surface area (Å²) < 4.78 is 1.86. The Morgan fingerprint density at radius 2 is 2.04 bits per heavy atom. The molecule has 2 aliphatic rings. The molecule has 150 valence electrons. The number of piperazine rings is 1. The topological polar surface area (TPSA) is 73.6 Å². The second-order valence-electron chi connectivity index (χ2n) is 7.18. The van der Waals surface area contributed by atoms with Gasteiger partial charge in [0.1, 0.15) is 5.54 Å². The summed E-state index contributed by atoms with van der Waals surface area (Å²) in [6.45, 7) is 8.51. The number of hydrogen-bond donors (Lipinski definition) is 2. The van der Waals surface area contributed by atoms with Crippen LogP contribution in [0.3, 0.4) is 0 Å². The molecule has 1 aromatic rings. The molecular weight excluding hydrogens is 377 g/mol. The summed E-state index contributed by atoms with van der Waals surface area (Å²) in [5.41, 5.74) is -0.555. The second-order valence-corrected chi connectivity index (χ2v) is 7.18. The summed E-state index contributed by atoms with van der Waals surface area (Å²) in [4.78, 5) is 17.7. The Balaban J connectivity index is 0.00000169. The number of carbonyl (C=O) groups excluding carboxylic acids is 1. The summed E-state index contributed by atoms with van der Waals surface area (Å²) in [6, 6.07) is 2.15. The molecule has 0 spiro atoms. The van der Waals surface area contributed by atoms with E-state index < -0.39 is 5.54 Å². The zero-order chi connectivity index (χ0) is 17.2. The van der Waals surface area contributed by atoms with Crippen molar-refractivity contribution in [2.24, 2.45) is 0 Å². The molecule has 2 aliphatic heterocycles. The highest BCUT2D eigenvalue weighted by molar-refractivity contribution is 5.86. The number of carbonyl (C=O) groups is 1. The van der Waals surface area contributed by atoms with Crippen molar-refractivity contribution in [3.8, 4) is 0 Å². The number of halogens is 2. The molecule has 2 fully saturated rings. The summed E-state index contributed by atoms with van der Waals surface area (Å²) >= 11 is 0. The van der Waals surface area contributed by atoms with Gasteiger partial charge in [-0.2, -0.15) is 5.10 Å². The van der Waals surface area contributed by atoms with Crippen molar-refractivity contribution >= 4 is 30.7 Å². The number of aromatic nitrogens is 2. The highest BCUT2D eigenvalue weighted by Crippen LogP contribution is 2.30. The molecule has 3 rings (SSSR count). The average molecular weight is 408 g/mol. The van der Waals surface area contributed by atoms with E-state index >= 15 is 0 Å². The molecule has 7 nitrogen and oxygen atoms in total. The van der Waals surface area contributed by atoms with Gasteiger partial charge in [-0.1, -0.05) is 0 Å². The summed E-state index contributed by atoms with van der Waals surface area (Å²) in [6.07, 6.45) is 4.87. The molecule has 2 atom stereocenters. The first-order chi connectivity index (χ1) is 11.5. The average Bonchev–Trinajstić information content (AvgIpc) is 3.11. The number of nitrogens with one attached hydrogen (secondary N) is 1. The monoisotopic (exact) mass is 407 g/mol. The smallest absolute Gasteiger partial charge is 0.250 e. The number of piperidine rings is 1. The number of β-amino-alcohol motifs (C(OH)–C–C–N with tert-alkyl or cyclic N) is 1. The number of rotatable bonds is 4. The van der Waals surface area contributed by atoms with E-state index in [1.807, 2.05) is 28.8 Å². The third-order valence-electron chi connectivity index (χ3n) is 5.32. The van der Waals surface area contributed by atoms with E-state index in [1.165, 1.54) is 0 Å². The van der Waals surface area contributed by atoms with E-state index in [0.717, 1.165) is 32.5 Å². The van der Waals surface area contributed by atoms with E-state index in [2.05, 4.69) is 22.2 Å². The van der Waals surface area contributed by atoms with Crippen molar-refractivity contribution in [1.29, 1.82) is 0 Å². The van der Waals surface area contributed by atoms with Crippen LogP contribution in [0.2, 0.25) is 0 Å². The fraction of sp³-hybridized carbons (Fsp3) is 0.765. The maximum Gasteiger partial charge on any atom is 0.250 e. The predicted octanol–water partition coefficient (Wildman–Crippen LogP) is 0.719. The molecule has 0 saturated carbocycles. The number of hydrogen-bond acceptors (Lipinski definition) is 5. The minimum absolute atomic E-state index is 0. The van der Waals surface area contributed by atoms with Crippen LogP contribution in [0.1, 0.15) is 26.7 Å². The van der Waals surface area contributed by atoms with Crippen LogP contribution in [0.15, 0.2) is 18.5 Å². The zero-order valence-corrected chi connectivity index (χ0v) is 17.1. The first-order valence-electron chi connectivity index (χ1n) is 8.95. The van der Waals surface area contributed by atoms with Gasteiger partial charge in [-0.15, -0.1) is 24.8 Å². The number of amides is 1. The van der Waals surface area contributed by atoms with Gasteiger partial charge in [-0.3, -0.25) is 14.4 Å². The first-order valence-corrected chi connectivity index (χ1v) is 8.95. The van der Waals surface area contributed by atoms with Gasteiger partial charge in [-0.05, 0) is 45.8 Å². The fourth-order valence-corrected chi connectivity index (χ4v) is 3.99. The highest BCUT2D eigenvalue weighted by Gasteiger charge is 2.45. The Hall–Kier alpha value is -0.860. The third-order valence-corrected chi connectivity index (χ3v) is 5.32. The van der Waals surface area contributed by atoms with Crippen LogP contribution in [0, 0.1) is 0 Å². The minimum Gasteiger partial charge on any atom is -0.392 e. The van der Waals surface area contributed by atoms with E-state index in [-0.39, 0.29) is 42.9 Å². The van der Waals surface area contributed by atoms with Gasteiger partial charge < -0.3 is 15.3 Å². The SMILES string of the molecule is CC(O)CN1CCN(C(=O)C2(n3cccn3)CCNCC2)CC1C.Cl.Cl. The molecule has 0 aromatic carbocycles. The van der Waals surface area contributed by atoms with E-state index in [1.54, 1.807) is 6.20 Å². The molecule has 26 heavy (non-hydrogen) atoms. The summed E-state index contributed by atoms with van der Waals surface area (Å²) in [5.74, 6) is 0.191. The van der Waals surface area contributed by atoms with Crippen molar-refractivity contribution in [2.45, 2.75) is 44.4 Å². The minimum atomic E-state index is -0.555. The van der Waals surface area contributed by atoms with Crippen molar-refractivity contribution in [3.05, 3.63) is 18.5 Å². The van der Waals surface area contributed by atoms with E-state index in [0.29, 0.717) is 19.6 Å². The van der Waals surface area contributed by atoms with Crippen LogP contribution in [0.4, 0.5) is 0 Å². The molecule has 3 heterocycles. The second kappa shape index (κ2) is 9.90. The van der Waals surface area contributed by atoms with Crippen LogP contribution in [-0.4, -0.2) is 82.0 Å². The molecule has 2 N–H and O–H groups in total. The van der Waals surface area contributed by atoms with Gasteiger partial charge in [0.25, 0.3) is 5.91 Å². The molecule has 1 amide bonds. The van der Waals surface area contributed by atoms with Gasteiger partial charge in [0.15, 0.2) is 0 Å². The standard InChI is InChI=1S/C17H29N5O2.2ClH/c1-14-12-21(11-10-20(14)13-15(2)23)16(24)17(4-7-18-8-5-17)22-9-3-6-19-22;;/h3,6,9,14-15,18,23H,4-5,7-8,10-13H2,1-2H3;2*1H. The zero-order valence-electron chi connectivity index (χ0n) is 15.5. The highest BCUT2D eigenvalue weighted by atomic mass is 35.5. The quantitative estimate of drug-likeness (QED) is 0.768. The van der Waals surface area contributed by atoms with Gasteiger partial charge in [0.05, 0.1) is 6.10 Å². The molecule has 2 saturated heterocycles. The molecule has 0 radical (unpaired) electrons. The Bertz CT molecular complexity index is 549. The van der Waals surface area contributed by atoms with Gasteiger partial charge in [0.2, 0.25) is 0 Å². The van der Waals surface area contributed by atoms with Crippen molar-refractivity contribution < 1.29 is 9.90 Å².